The van der Waals surface area contributed by atoms with Gasteiger partial charge in [-0.15, -0.1) is 0 Å². The summed E-state index contributed by atoms with van der Waals surface area (Å²) in [6.07, 6.45) is 3.47. The van der Waals surface area contributed by atoms with Gasteiger partial charge in [-0.3, -0.25) is 0 Å². The van der Waals surface area contributed by atoms with Crippen LogP contribution in [0.15, 0.2) is 60.7 Å². The first-order valence-corrected chi connectivity index (χ1v) is 12.4. The third kappa shape index (κ3) is 6.44. The fourth-order valence-corrected chi connectivity index (χ4v) is 4.68. The number of benzene rings is 2. The average molecular weight is 477 g/mol. The lowest BCUT2D eigenvalue weighted by Gasteiger charge is -2.38. The van der Waals surface area contributed by atoms with Crippen molar-refractivity contribution >= 4 is 17.8 Å². The molecule has 0 bridgehead atoms. The van der Waals surface area contributed by atoms with Gasteiger partial charge in [-0.2, -0.15) is 0 Å². The number of nitrogens with zero attached hydrogens (tertiary/aromatic N) is 2. The number of hydrogen-bond donors (Lipinski definition) is 0. The molecule has 0 radical (unpaired) electrons. The maximum atomic E-state index is 13.1. The van der Waals surface area contributed by atoms with E-state index in [4.69, 9.17) is 9.47 Å². The van der Waals surface area contributed by atoms with Crippen molar-refractivity contribution in [2.45, 2.75) is 58.8 Å². The van der Waals surface area contributed by atoms with Crippen molar-refractivity contribution in [1.82, 2.24) is 9.80 Å². The summed E-state index contributed by atoms with van der Waals surface area (Å²) >= 11 is 0. The Kier molecular flexibility index (Phi) is 7.48. The average Bonchev–Trinajstić information content (AvgIpc) is 3.33. The van der Waals surface area contributed by atoms with E-state index < -0.39 is 5.60 Å². The van der Waals surface area contributed by atoms with Gasteiger partial charge in [0.05, 0.1) is 6.04 Å². The fourth-order valence-electron chi connectivity index (χ4n) is 4.68. The maximum Gasteiger partial charge on any atom is 0.410 e. The van der Waals surface area contributed by atoms with E-state index in [2.05, 4.69) is 31.2 Å². The first-order valence-electron chi connectivity index (χ1n) is 12.4. The third-order valence-corrected chi connectivity index (χ3v) is 6.47. The van der Waals surface area contributed by atoms with Crippen LogP contribution in [0.3, 0.4) is 0 Å². The number of likely N-dealkylation sites (tertiary alicyclic amines) is 1. The Hall–Kier alpha value is -3.28. The molecule has 2 atom stereocenters. The van der Waals surface area contributed by atoms with Gasteiger partial charge in [0, 0.05) is 19.6 Å². The Bertz CT molecular complexity index is 1070. The number of carbonyl (C=O) groups excluding carboxylic acids is 2. The van der Waals surface area contributed by atoms with Gasteiger partial charge in [-0.05, 0) is 67.9 Å². The van der Waals surface area contributed by atoms with Crippen LogP contribution in [0.2, 0.25) is 0 Å². The van der Waals surface area contributed by atoms with Crippen LogP contribution in [0, 0.1) is 5.92 Å². The van der Waals surface area contributed by atoms with Gasteiger partial charge in [-0.1, -0.05) is 61.5 Å². The fraction of sp³-hybridized carbons (Fsp3) is 0.448. The summed E-state index contributed by atoms with van der Waals surface area (Å²) in [7, 11) is 0. The normalized spacial score (nSPS) is 20.4. The molecular weight excluding hydrogens is 440 g/mol. The highest BCUT2D eigenvalue weighted by molar-refractivity contribution is 5.78. The van der Waals surface area contributed by atoms with E-state index in [1.165, 1.54) is 0 Å². The molecule has 0 saturated carbocycles. The number of ether oxygens (including phenoxy) is 2. The summed E-state index contributed by atoms with van der Waals surface area (Å²) in [6, 6.07) is 18.1. The molecule has 6 heteroatoms. The Morgan fingerprint density at radius 2 is 1.77 bits per heavy atom. The van der Waals surface area contributed by atoms with E-state index in [0.29, 0.717) is 25.6 Å². The number of amides is 2. The topological polar surface area (TPSA) is 59.1 Å². The summed E-state index contributed by atoms with van der Waals surface area (Å²) in [5.41, 5.74) is 3.73. The molecule has 35 heavy (non-hydrogen) atoms. The van der Waals surface area contributed by atoms with Gasteiger partial charge in [-0.25, -0.2) is 9.59 Å². The Labute approximate surface area is 208 Å². The predicted molar refractivity (Wildman–Crippen MR) is 137 cm³/mol. The molecule has 1 saturated heterocycles. The van der Waals surface area contributed by atoms with Crippen LogP contribution in [0.1, 0.15) is 63.3 Å². The molecule has 0 aliphatic carbocycles. The predicted octanol–water partition coefficient (Wildman–Crippen LogP) is 6.43. The van der Waals surface area contributed by atoms with Gasteiger partial charge in [0.25, 0.3) is 0 Å². The zero-order valence-corrected chi connectivity index (χ0v) is 21.2. The highest BCUT2D eigenvalue weighted by Crippen LogP contribution is 2.35. The summed E-state index contributed by atoms with van der Waals surface area (Å²) in [5.74, 6) is 0.429. The lowest BCUT2D eigenvalue weighted by molar-refractivity contribution is 0.0306. The number of rotatable bonds is 4. The van der Waals surface area contributed by atoms with Crippen LogP contribution in [-0.4, -0.2) is 47.2 Å². The molecule has 1 fully saturated rings. The number of carbonyl (C=O) groups is 2. The molecule has 2 aliphatic heterocycles. The molecule has 2 amide bonds. The molecular formula is C29H36N2O4. The Morgan fingerprint density at radius 1 is 1.00 bits per heavy atom. The minimum atomic E-state index is -0.517. The second-order valence-corrected chi connectivity index (χ2v) is 10.6. The number of hydrogen-bond acceptors (Lipinski definition) is 4. The first kappa shape index (κ1) is 24.8. The van der Waals surface area contributed by atoms with Crippen LogP contribution < -0.4 is 0 Å². The molecule has 2 heterocycles. The third-order valence-electron chi connectivity index (χ3n) is 6.47. The summed E-state index contributed by atoms with van der Waals surface area (Å²) in [6.45, 7) is 9.80. The van der Waals surface area contributed by atoms with Crippen molar-refractivity contribution in [1.29, 1.82) is 0 Å². The minimum Gasteiger partial charge on any atom is -0.445 e. The van der Waals surface area contributed by atoms with Crippen LogP contribution in [0.25, 0.3) is 5.57 Å². The molecule has 0 unspecified atom stereocenters. The lowest BCUT2D eigenvalue weighted by atomic mass is 9.89. The van der Waals surface area contributed by atoms with Gasteiger partial charge >= 0.3 is 12.2 Å². The second-order valence-electron chi connectivity index (χ2n) is 10.6. The van der Waals surface area contributed by atoms with Crippen molar-refractivity contribution in [3.8, 4) is 0 Å². The van der Waals surface area contributed by atoms with E-state index in [9.17, 15) is 9.59 Å². The summed E-state index contributed by atoms with van der Waals surface area (Å²) in [5, 5.41) is 0. The molecule has 0 spiro atoms. The van der Waals surface area contributed by atoms with Crippen LogP contribution in [0.5, 0.6) is 0 Å². The molecule has 186 valence electrons. The monoisotopic (exact) mass is 476 g/mol. The van der Waals surface area contributed by atoms with E-state index >= 15 is 0 Å². The highest BCUT2D eigenvalue weighted by Gasteiger charge is 2.33. The maximum absolute atomic E-state index is 13.1. The van der Waals surface area contributed by atoms with Crippen molar-refractivity contribution in [3.05, 3.63) is 77.4 Å². The van der Waals surface area contributed by atoms with E-state index in [0.717, 1.165) is 35.1 Å². The van der Waals surface area contributed by atoms with Gasteiger partial charge < -0.3 is 19.3 Å². The quantitative estimate of drug-likeness (QED) is 0.510. The molecule has 2 aromatic carbocycles. The van der Waals surface area contributed by atoms with Crippen molar-refractivity contribution < 1.29 is 19.1 Å². The van der Waals surface area contributed by atoms with E-state index in [-0.39, 0.29) is 24.8 Å². The Balaban J connectivity index is 1.46. The van der Waals surface area contributed by atoms with E-state index in [1.54, 1.807) is 4.90 Å². The standard InChI is InChI=1S/C29H36N2O4/c1-21-13-14-26(31(18-21)28(33)34-20-22-9-6-5-7-10-22)24-12-8-11-23(17-24)25-15-16-30(19-25)27(32)35-29(2,3)4/h5-12,15,17,21,26H,13-14,16,18-20H2,1-4H3/t21-,26+/m0/s1. The first-order chi connectivity index (χ1) is 16.7. The van der Waals surface area contributed by atoms with Crippen LogP contribution in [-0.2, 0) is 16.1 Å². The highest BCUT2D eigenvalue weighted by atomic mass is 16.6. The van der Waals surface area contributed by atoms with Crippen LogP contribution >= 0.6 is 0 Å². The van der Waals surface area contributed by atoms with Crippen molar-refractivity contribution in [2.75, 3.05) is 19.6 Å². The summed E-state index contributed by atoms with van der Waals surface area (Å²) < 4.78 is 11.2. The van der Waals surface area contributed by atoms with Gasteiger partial charge in [0.2, 0.25) is 0 Å². The van der Waals surface area contributed by atoms with Crippen molar-refractivity contribution in [3.63, 3.8) is 0 Å². The smallest absolute Gasteiger partial charge is 0.410 e. The lowest BCUT2D eigenvalue weighted by Crippen LogP contribution is -2.41. The Morgan fingerprint density at radius 3 is 2.51 bits per heavy atom. The van der Waals surface area contributed by atoms with Gasteiger partial charge in [0.15, 0.2) is 0 Å². The SMILES string of the molecule is C[C@H]1CC[C@H](c2cccc(C3=CCN(C(=O)OC(C)(C)C)C3)c2)N(C(=O)OCc2ccccc2)C1. The largest absolute Gasteiger partial charge is 0.445 e. The van der Waals surface area contributed by atoms with Crippen LogP contribution in [0.4, 0.5) is 9.59 Å². The second kappa shape index (κ2) is 10.5. The molecule has 0 N–H and O–H groups in total. The molecule has 2 aliphatic rings. The molecule has 6 nitrogen and oxygen atoms in total. The zero-order chi connectivity index (χ0) is 25.0. The van der Waals surface area contributed by atoms with Crippen molar-refractivity contribution in [2.24, 2.45) is 5.92 Å². The number of piperidine rings is 1. The molecule has 4 rings (SSSR count). The van der Waals surface area contributed by atoms with E-state index in [1.807, 2.05) is 62.1 Å². The zero-order valence-electron chi connectivity index (χ0n) is 21.2. The minimum absolute atomic E-state index is 0.0293. The summed E-state index contributed by atoms with van der Waals surface area (Å²) in [4.78, 5) is 29.2. The van der Waals surface area contributed by atoms with Gasteiger partial charge in [0.1, 0.15) is 12.2 Å². The molecule has 2 aromatic rings. The molecule has 0 aromatic heterocycles.